The van der Waals surface area contributed by atoms with E-state index in [9.17, 15) is 0 Å². The molecule has 0 radical (unpaired) electrons. The monoisotopic (exact) mass is 280 g/mol. The van der Waals surface area contributed by atoms with Crippen LogP contribution in [-0.4, -0.2) is 23.5 Å². The van der Waals surface area contributed by atoms with Crippen LogP contribution in [0.3, 0.4) is 0 Å². The largest absolute Gasteiger partial charge is 0.352 e. The standard InChI is InChI=1S/C16H25ClN2/c1-16(2,3)13-8-9-15(18-12-13)19-10-6-4-5-7-14(19)11-17/h8-9,12,14H,4-7,10-11H2,1-3H3. The van der Waals surface area contributed by atoms with Crippen LogP contribution in [-0.2, 0) is 5.41 Å². The first-order valence-corrected chi connectivity index (χ1v) is 7.85. The van der Waals surface area contributed by atoms with Gasteiger partial charge in [-0.05, 0) is 29.9 Å². The van der Waals surface area contributed by atoms with Crippen LogP contribution in [0.4, 0.5) is 5.82 Å². The van der Waals surface area contributed by atoms with Gasteiger partial charge < -0.3 is 4.90 Å². The maximum absolute atomic E-state index is 6.13. The first-order chi connectivity index (χ1) is 9.02. The molecule has 3 heteroatoms. The Morgan fingerprint density at radius 3 is 2.63 bits per heavy atom. The van der Waals surface area contributed by atoms with Crippen molar-refractivity contribution in [1.29, 1.82) is 0 Å². The van der Waals surface area contributed by atoms with Gasteiger partial charge in [-0.2, -0.15) is 0 Å². The van der Waals surface area contributed by atoms with Crippen molar-refractivity contribution < 1.29 is 0 Å². The molecule has 106 valence electrons. The molecule has 2 nitrogen and oxygen atoms in total. The fourth-order valence-electron chi connectivity index (χ4n) is 2.64. The molecular weight excluding hydrogens is 256 g/mol. The number of aromatic nitrogens is 1. The van der Waals surface area contributed by atoms with E-state index in [2.05, 4.69) is 42.8 Å². The molecule has 2 rings (SSSR count). The Bertz CT molecular complexity index is 394. The number of pyridine rings is 1. The molecule has 2 heterocycles. The fraction of sp³-hybridized carbons (Fsp3) is 0.688. The van der Waals surface area contributed by atoms with Crippen molar-refractivity contribution in [3.8, 4) is 0 Å². The molecule has 19 heavy (non-hydrogen) atoms. The van der Waals surface area contributed by atoms with Crippen molar-refractivity contribution in [1.82, 2.24) is 4.98 Å². The van der Waals surface area contributed by atoms with E-state index in [0.29, 0.717) is 11.9 Å². The lowest BCUT2D eigenvalue weighted by atomic mass is 9.88. The predicted octanol–water partition coefficient (Wildman–Crippen LogP) is 4.37. The van der Waals surface area contributed by atoms with Gasteiger partial charge in [0.2, 0.25) is 0 Å². The second kappa shape index (κ2) is 6.13. The number of rotatable bonds is 2. The Morgan fingerprint density at radius 2 is 2.05 bits per heavy atom. The molecule has 0 amide bonds. The molecule has 1 aliphatic rings. The highest BCUT2D eigenvalue weighted by molar-refractivity contribution is 6.18. The zero-order valence-corrected chi connectivity index (χ0v) is 13.1. The van der Waals surface area contributed by atoms with Crippen molar-refractivity contribution >= 4 is 17.4 Å². The Labute approximate surface area is 122 Å². The van der Waals surface area contributed by atoms with Crippen molar-refractivity contribution in [3.63, 3.8) is 0 Å². The molecule has 1 fully saturated rings. The summed E-state index contributed by atoms with van der Waals surface area (Å²) >= 11 is 6.13. The van der Waals surface area contributed by atoms with Crippen LogP contribution >= 0.6 is 11.6 Å². The number of alkyl halides is 1. The smallest absolute Gasteiger partial charge is 0.128 e. The molecule has 1 atom stereocenters. The molecule has 0 aromatic carbocycles. The average molecular weight is 281 g/mol. The SMILES string of the molecule is CC(C)(C)c1ccc(N2CCCCCC2CCl)nc1. The van der Waals surface area contributed by atoms with Crippen LogP contribution in [0.15, 0.2) is 18.3 Å². The summed E-state index contributed by atoms with van der Waals surface area (Å²) in [6, 6.07) is 4.81. The van der Waals surface area contributed by atoms with Gasteiger partial charge >= 0.3 is 0 Å². The Morgan fingerprint density at radius 1 is 1.26 bits per heavy atom. The number of anilines is 1. The topological polar surface area (TPSA) is 16.1 Å². The summed E-state index contributed by atoms with van der Waals surface area (Å²) in [5.74, 6) is 1.78. The quantitative estimate of drug-likeness (QED) is 0.748. The van der Waals surface area contributed by atoms with Gasteiger partial charge in [0, 0.05) is 24.7 Å². The van der Waals surface area contributed by atoms with E-state index in [1.54, 1.807) is 0 Å². The Hall–Kier alpha value is -0.760. The predicted molar refractivity (Wildman–Crippen MR) is 83.3 cm³/mol. The molecule has 1 unspecified atom stereocenters. The van der Waals surface area contributed by atoms with Gasteiger partial charge in [-0.25, -0.2) is 4.98 Å². The number of halogens is 1. The summed E-state index contributed by atoms with van der Waals surface area (Å²) in [5.41, 5.74) is 1.45. The van der Waals surface area contributed by atoms with E-state index in [0.717, 1.165) is 12.4 Å². The summed E-state index contributed by atoms with van der Waals surface area (Å²) in [6.45, 7) is 7.74. The molecular formula is C16H25ClN2. The Balaban J connectivity index is 2.19. The van der Waals surface area contributed by atoms with E-state index in [1.165, 1.54) is 31.2 Å². The van der Waals surface area contributed by atoms with Crippen LogP contribution in [0.5, 0.6) is 0 Å². The number of hydrogen-bond acceptors (Lipinski definition) is 2. The molecule has 1 aromatic heterocycles. The van der Waals surface area contributed by atoms with E-state index >= 15 is 0 Å². The van der Waals surface area contributed by atoms with Gasteiger partial charge in [0.15, 0.2) is 0 Å². The van der Waals surface area contributed by atoms with Gasteiger partial charge in [-0.3, -0.25) is 0 Å². The Kier molecular flexibility index (Phi) is 4.72. The van der Waals surface area contributed by atoms with Crippen molar-refractivity contribution in [2.24, 2.45) is 0 Å². The van der Waals surface area contributed by atoms with Crippen molar-refractivity contribution in [2.45, 2.75) is 57.9 Å². The number of nitrogens with zero attached hydrogens (tertiary/aromatic N) is 2. The van der Waals surface area contributed by atoms with Crippen LogP contribution in [0.2, 0.25) is 0 Å². The van der Waals surface area contributed by atoms with E-state index in [1.807, 2.05) is 6.20 Å². The lowest BCUT2D eigenvalue weighted by molar-refractivity contribution is 0.584. The summed E-state index contributed by atoms with van der Waals surface area (Å²) in [4.78, 5) is 7.07. The van der Waals surface area contributed by atoms with Crippen LogP contribution in [0, 0.1) is 0 Å². The van der Waals surface area contributed by atoms with Crippen molar-refractivity contribution in [3.05, 3.63) is 23.9 Å². The molecule has 1 aliphatic heterocycles. The van der Waals surface area contributed by atoms with Gasteiger partial charge in [0.1, 0.15) is 5.82 Å². The van der Waals surface area contributed by atoms with Gasteiger partial charge in [0.05, 0.1) is 0 Å². The maximum Gasteiger partial charge on any atom is 0.128 e. The minimum atomic E-state index is 0.163. The summed E-state index contributed by atoms with van der Waals surface area (Å²) < 4.78 is 0. The lowest BCUT2D eigenvalue weighted by Gasteiger charge is -2.30. The molecule has 0 spiro atoms. The highest BCUT2D eigenvalue weighted by atomic mass is 35.5. The molecule has 0 N–H and O–H groups in total. The molecule has 0 bridgehead atoms. The lowest BCUT2D eigenvalue weighted by Crippen LogP contribution is -2.36. The molecule has 1 saturated heterocycles. The summed E-state index contributed by atoms with van der Waals surface area (Å²) in [6.07, 6.45) is 7.05. The number of hydrogen-bond donors (Lipinski definition) is 0. The van der Waals surface area contributed by atoms with Gasteiger partial charge in [-0.15, -0.1) is 11.6 Å². The first-order valence-electron chi connectivity index (χ1n) is 7.31. The summed E-state index contributed by atoms with van der Waals surface area (Å²) in [5, 5.41) is 0. The fourth-order valence-corrected chi connectivity index (χ4v) is 2.96. The van der Waals surface area contributed by atoms with Crippen LogP contribution in [0.25, 0.3) is 0 Å². The molecule has 0 aliphatic carbocycles. The third-order valence-electron chi connectivity index (χ3n) is 3.96. The third-order valence-corrected chi connectivity index (χ3v) is 4.32. The van der Waals surface area contributed by atoms with Crippen LogP contribution < -0.4 is 4.90 Å². The van der Waals surface area contributed by atoms with E-state index < -0.39 is 0 Å². The average Bonchev–Trinajstić information content (AvgIpc) is 2.62. The molecule has 0 saturated carbocycles. The van der Waals surface area contributed by atoms with Gasteiger partial charge in [0.25, 0.3) is 0 Å². The van der Waals surface area contributed by atoms with Gasteiger partial charge in [-0.1, -0.05) is 39.7 Å². The highest BCUT2D eigenvalue weighted by Gasteiger charge is 2.22. The zero-order chi connectivity index (χ0) is 13.9. The normalized spacial score (nSPS) is 21.3. The molecule has 1 aromatic rings. The zero-order valence-electron chi connectivity index (χ0n) is 12.3. The second-order valence-electron chi connectivity index (χ2n) is 6.51. The third kappa shape index (κ3) is 3.62. The highest BCUT2D eigenvalue weighted by Crippen LogP contribution is 2.26. The van der Waals surface area contributed by atoms with E-state index in [-0.39, 0.29) is 5.41 Å². The maximum atomic E-state index is 6.13. The second-order valence-corrected chi connectivity index (χ2v) is 6.81. The van der Waals surface area contributed by atoms with Crippen molar-refractivity contribution in [2.75, 3.05) is 17.3 Å². The minimum absolute atomic E-state index is 0.163. The summed E-state index contributed by atoms with van der Waals surface area (Å²) in [7, 11) is 0. The van der Waals surface area contributed by atoms with E-state index in [4.69, 9.17) is 11.6 Å². The minimum Gasteiger partial charge on any atom is -0.352 e. The van der Waals surface area contributed by atoms with Crippen LogP contribution in [0.1, 0.15) is 52.0 Å². The first kappa shape index (κ1) is 14.6.